The summed E-state index contributed by atoms with van der Waals surface area (Å²) in [4.78, 5) is 15.5. The molecule has 0 saturated carbocycles. The molecule has 2 aromatic heterocycles. The first-order valence-electron chi connectivity index (χ1n) is 12.4. The molecule has 0 bridgehead atoms. The van der Waals surface area contributed by atoms with Crippen molar-refractivity contribution in [3.05, 3.63) is 53.6 Å². The number of nitrogens with one attached hydrogen (secondary N) is 1. The van der Waals surface area contributed by atoms with Gasteiger partial charge in [0.2, 0.25) is 10.0 Å². The van der Waals surface area contributed by atoms with E-state index in [4.69, 9.17) is 20.6 Å². The fraction of sp³-hybridized carbons (Fsp3) is 0.423. The van der Waals surface area contributed by atoms with Gasteiger partial charge in [0, 0.05) is 41.7 Å². The van der Waals surface area contributed by atoms with E-state index in [1.807, 2.05) is 18.2 Å². The van der Waals surface area contributed by atoms with E-state index < -0.39 is 10.0 Å². The summed E-state index contributed by atoms with van der Waals surface area (Å²) in [6.07, 6.45) is 6.20. The minimum absolute atomic E-state index is 0.102. The number of aryl methyl sites for hydroxylation is 1. The van der Waals surface area contributed by atoms with Crippen LogP contribution >= 0.6 is 0 Å². The van der Waals surface area contributed by atoms with Crippen LogP contribution in [0.5, 0.6) is 5.75 Å². The summed E-state index contributed by atoms with van der Waals surface area (Å²) in [7, 11) is -3.91. The quantitative estimate of drug-likeness (QED) is 0.442. The number of benzene rings is 1. The molecule has 3 aromatic rings. The van der Waals surface area contributed by atoms with Crippen LogP contribution in [-0.2, 0) is 29.4 Å². The number of nitrogens with two attached hydrogens (primary N) is 1. The van der Waals surface area contributed by atoms with Crippen LogP contribution in [0.25, 0.3) is 11.1 Å². The Morgan fingerprint density at radius 3 is 2.84 bits per heavy atom. The molecule has 11 heteroatoms. The normalized spacial score (nSPS) is 16.9. The number of hydrogen-bond donors (Lipinski definition) is 3. The molecule has 1 aliphatic carbocycles. The summed E-state index contributed by atoms with van der Waals surface area (Å²) < 4.78 is 33.7. The number of rotatable bonds is 6. The van der Waals surface area contributed by atoms with Crippen LogP contribution in [0.2, 0.25) is 0 Å². The van der Waals surface area contributed by atoms with E-state index in [1.165, 1.54) is 11.6 Å². The fourth-order valence-corrected chi connectivity index (χ4v) is 6.10. The molecule has 2 aliphatic rings. The van der Waals surface area contributed by atoms with Crippen molar-refractivity contribution in [2.75, 3.05) is 36.9 Å². The van der Waals surface area contributed by atoms with Gasteiger partial charge >= 0.3 is 0 Å². The van der Waals surface area contributed by atoms with E-state index in [2.05, 4.69) is 33.4 Å². The highest BCUT2D eigenvalue weighted by Gasteiger charge is 2.30. The lowest BCUT2D eigenvalue weighted by atomic mass is 9.76. The van der Waals surface area contributed by atoms with Gasteiger partial charge in [-0.2, -0.15) is 0 Å². The fourth-order valence-electron chi connectivity index (χ4n) is 4.97. The van der Waals surface area contributed by atoms with Gasteiger partial charge in [-0.25, -0.2) is 28.1 Å². The Morgan fingerprint density at radius 2 is 2.03 bits per heavy atom. The van der Waals surface area contributed by atoms with E-state index in [0.29, 0.717) is 25.3 Å². The lowest BCUT2D eigenvalue weighted by molar-refractivity contribution is 0.301. The van der Waals surface area contributed by atoms with Crippen LogP contribution in [0.1, 0.15) is 37.1 Å². The van der Waals surface area contributed by atoms with Crippen LogP contribution in [-0.4, -0.2) is 54.8 Å². The number of fused-ring (bicyclic) bond motifs is 2. The maximum Gasteiger partial charge on any atom is 0.244 e. The van der Waals surface area contributed by atoms with Crippen molar-refractivity contribution in [1.29, 1.82) is 0 Å². The van der Waals surface area contributed by atoms with Gasteiger partial charge in [-0.1, -0.05) is 19.9 Å². The van der Waals surface area contributed by atoms with Gasteiger partial charge in [0.15, 0.2) is 0 Å². The van der Waals surface area contributed by atoms with Crippen molar-refractivity contribution in [2.24, 2.45) is 5.41 Å². The summed E-state index contributed by atoms with van der Waals surface area (Å²) >= 11 is 0. The molecule has 3 heterocycles. The topological polar surface area (TPSA) is 144 Å². The highest BCUT2D eigenvalue weighted by molar-refractivity contribution is 7.89. The van der Waals surface area contributed by atoms with Crippen LogP contribution < -0.4 is 20.1 Å². The Balaban J connectivity index is 1.48. The molecule has 0 atom stereocenters. The third kappa shape index (κ3) is 5.25. The van der Waals surface area contributed by atoms with Gasteiger partial charge in [0.25, 0.3) is 0 Å². The number of aromatic nitrogens is 3. The molecule has 196 valence electrons. The molecule has 37 heavy (non-hydrogen) atoms. The predicted molar refractivity (Wildman–Crippen MR) is 141 cm³/mol. The van der Waals surface area contributed by atoms with Gasteiger partial charge in [0.1, 0.15) is 35.2 Å². The van der Waals surface area contributed by atoms with Crippen molar-refractivity contribution in [3.8, 4) is 16.9 Å². The Bertz CT molecular complexity index is 1430. The van der Waals surface area contributed by atoms with E-state index >= 15 is 0 Å². The smallest absolute Gasteiger partial charge is 0.244 e. The third-order valence-corrected chi connectivity index (χ3v) is 8.44. The second-order valence-electron chi connectivity index (χ2n) is 10.3. The standard InChI is InChI=1S/C26H32N6O4S/c1-26(2)6-5-21-20(13-26)25(30-16-29-21)32-8-10-36-22-4-3-17(11-19(22)15-32)18-12-23(24(27)28-14-18)37(34,35)31-7-9-33/h3-4,11-12,14,16,31,33H,5-10,13,15H2,1-2H3,(H2,27,28). The van der Waals surface area contributed by atoms with Crippen molar-refractivity contribution < 1.29 is 18.3 Å². The first-order chi connectivity index (χ1) is 17.7. The lowest BCUT2D eigenvalue weighted by Crippen LogP contribution is -2.31. The number of aliphatic hydroxyl groups is 1. The first-order valence-corrected chi connectivity index (χ1v) is 13.8. The highest BCUT2D eigenvalue weighted by atomic mass is 32.2. The Morgan fingerprint density at radius 1 is 1.19 bits per heavy atom. The Kier molecular flexibility index (Phi) is 6.78. The van der Waals surface area contributed by atoms with Gasteiger partial charge in [-0.15, -0.1) is 0 Å². The Hall–Kier alpha value is -3.28. The maximum absolute atomic E-state index is 12.7. The number of hydrogen-bond acceptors (Lipinski definition) is 9. The lowest BCUT2D eigenvalue weighted by Gasteiger charge is -2.33. The summed E-state index contributed by atoms with van der Waals surface area (Å²) in [6.45, 7) is 5.96. The summed E-state index contributed by atoms with van der Waals surface area (Å²) in [5.41, 5.74) is 10.8. The minimum atomic E-state index is -3.91. The molecule has 0 saturated heterocycles. The number of nitrogens with zero attached hydrogens (tertiary/aromatic N) is 4. The predicted octanol–water partition coefficient (Wildman–Crippen LogP) is 2.31. The molecule has 0 spiro atoms. The average molecular weight is 525 g/mol. The molecule has 0 fully saturated rings. The highest BCUT2D eigenvalue weighted by Crippen LogP contribution is 2.39. The zero-order valence-corrected chi connectivity index (χ0v) is 21.9. The van der Waals surface area contributed by atoms with Gasteiger partial charge in [0.05, 0.1) is 13.2 Å². The zero-order chi connectivity index (χ0) is 26.2. The van der Waals surface area contributed by atoms with Gasteiger partial charge in [-0.05, 0) is 48.4 Å². The summed E-state index contributed by atoms with van der Waals surface area (Å²) in [5, 5.41) is 9.01. The molecule has 5 rings (SSSR count). The number of anilines is 2. The summed E-state index contributed by atoms with van der Waals surface area (Å²) in [5.74, 6) is 1.64. The zero-order valence-electron chi connectivity index (χ0n) is 21.1. The number of nitrogen functional groups attached to an aromatic ring is 1. The van der Waals surface area contributed by atoms with E-state index in [9.17, 15) is 8.42 Å². The van der Waals surface area contributed by atoms with E-state index in [1.54, 1.807) is 12.5 Å². The van der Waals surface area contributed by atoms with Crippen molar-refractivity contribution in [1.82, 2.24) is 19.7 Å². The average Bonchev–Trinajstić information content (AvgIpc) is 3.08. The molecule has 0 amide bonds. The van der Waals surface area contributed by atoms with Gasteiger partial charge in [-0.3, -0.25) is 0 Å². The number of pyridine rings is 1. The Labute approximate surface area is 217 Å². The second-order valence-corrected chi connectivity index (χ2v) is 12.0. The van der Waals surface area contributed by atoms with Crippen molar-refractivity contribution in [3.63, 3.8) is 0 Å². The number of aliphatic hydroxyl groups excluding tert-OH is 1. The SMILES string of the molecule is CC1(C)CCc2ncnc(N3CCOc4ccc(-c5cnc(N)c(S(=O)(=O)NCCO)c5)cc4C3)c2C1. The molecule has 1 aromatic carbocycles. The molecule has 0 unspecified atom stereocenters. The summed E-state index contributed by atoms with van der Waals surface area (Å²) in [6, 6.07) is 7.29. The molecular weight excluding hydrogens is 492 g/mol. The second kappa shape index (κ2) is 9.88. The van der Waals surface area contributed by atoms with Crippen LogP contribution in [0.15, 0.2) is 41.7 Å². The van der Waals surface area contributed by atoms with Crippen molar-refractivity contribution >= 4 is 21.7 Å². The molecule has 0 radical (unpaired) electrons. The number of ether oxygens (including phenoxy) is 1. The van der Waals surface area contributed by atoms with Gasteiger partial charge < -0.3 is 20.5 Å². The molecule has 10 nitrogen and oxygen atoms in total. The largest absolute Gasteiger partial charge is 0.491 e. The minimum Gasteiger partial charge on any atom is -0.491 e. The number of sulfonamides is 1. The molecule has 4 N–H and O–H groups in total. The van der Waals surface area contributed by atoms with Crippen LogP contribution in [0, 0.1) is 5.41 Å². The van der Waals surface area contributed by atoms with E-state index in [0.717, 1.165) is 47.7 Å². The van der Waals surface area contributed by atoms with Crippen molar-refractivity contribution in [2.45, 2.75) is 44.6 Å². The monoisotopic (exact) mass is 524 g/mol. The van der Waals surface area contributed by atoms with Crippen LogP contribution in [0.4, 0.5) is 11.6 Å². The van der Waals surface area contributed by atoms with Crippen LogP contribution in [0.3, 0.4) is 0 Å². The third-order valence-electron chi connectivity index (χ3n) is 6.95. The first kappa shape index (κ1) is 25.4. The maximum atomic E-state index is 12.7. The van der Waals surface area contributed by atoms with E-state index in [-0.39, 0.29) is 29.3 Å². The molecular formula is C26H32N6O4S. The molecule has 1 aliphatic heterocycles.